The Kier molecular flexibility index (Phi) is 6.34. The van der Waals surface area contributed by atoms with Gasteiger partial charge in [0.2, 0.25) is 5.91 Å². The molecule has 1 aliphatic rings. The summed E-state index contributed by atoms with van der Waals surface area (Å²) >= 11 is 0. The number of para-hydroxylation sites is 1. The maximum absolute atomic E-state index is 11.9. The Labute approximate surface area is 198 Å². The lowest BCUT2D eigenvalue weighted by atomic mass is 9.72. The molecular weight excluding hydrogens is 430 g/mol. The predicted octanol–water partition coefficient (Wildman–Crippen LogP) is 3.47. The van der Waals surface area contributed by atoms with Crippen LogP contribution in [0.3, 0.4) is 0 Å². The van der Waals surface area contributed by atoms with E-state index in [0.29, 0.717) is 30.4 Å². The molecule has 1 aliphatic heterocycles. The number of nitrogens with two attached hydrogens (primary N) is 1. The zero-order valence-electron chi connectivity index (χ0n) is 19.1. The average molecular weight is 458 g/mol. The zero-order chi connectivity index (χ0) is 24.2. The lowest BCUT2D eigenvalue weighted by molar-refractivity contribution is -0.120. The van der Waals surface area contributed by atoms with E-state index in [4.69, 9.17) is 15.7 Å². The van der Waals surface area contributed by atoms with Crippen molar-refractivity contribution in [3.8, 4) is 17.6 Å². The van der Waals surface area contributed by atoms with Crippen molar-refractivity contribution in [1.82, 2.24) is 20.7 Å². The summed E-state index contributed by atoms with van der Waals surface area (Å²) < 4.78 is 5.95. The molecule has 2 aromatic carbocycles. The molecule has 0 saturated carbocycles. The van der Waals surface area contributed by atoms with E-state index in [1.165, 1.54) is 6.33 Å². The molecule has 34 heavy (non-hydrogen) atoms. The maximum atomic E-state index is 11.9. The molecule has 2 heterocycles. The van der Waals surface area contributed by atoms with Crippen LogP contribution >= 0.6 is 0 Å². The third kappa shape index (κ3) is 4.77. The lowest BCUT2D eigenvalue weighted by Gasteiger charge is -2.38. The highest BCUT2D eigenvalue weighted by molar-refractivity contribution is 5.78. The van der Waals surface area contributed by atoms with Crippen molar-refractivity contribution in [1.29, 1.82) is 5.26 Å². The van der Waals surface area contributed by atoms with Gasteiger partial charge in [-0.2, -0.15) is 5.26 Å². The Hall–Kier alpha value is -4.16. The number of hydrogen-bond acceptors (Lipinski definition) is 8. The van der Waals surface area contributed by atoms with E-state index in [0.717, 1.165) is 16.9 Å². The van der Waals surface area contributed by atoms with Gasteiger partial charge in [0.1, 0.15) is 30.1 Å². The molecule has 1 unspecified atom stereocenters. The van der Waals surface area contributed by atoms with Crippen molar-refractivity contribution in [3.05, 3.63) is 72.1 Å². The number of fused-ring (bicyclic) bond motifs is 1. The van der Waals surface area contributed by atoms with Gasteiger partial charge in [-0.1, -0.05) is 44.2 Å². The molecule has 4 rings (SSSR count). The number of carbonyl (C=O) groups is 1. The number of benzene rings is 2. The topological polar surface area (TPSA) is 138 Å². The predicted molar refractivity (Wildman–Crippen MR) is 129 cm³/mol. The zero-order valence-corrected chi connectivity index (χ0v) is 19.1. The second-order valence-corrected chi connectivity index (χ2v) is 9.03. The number of hydrazine groups is 1. The summed E-state index contributed by atoms with van der Waals surface area (Å²) in [5.41, 5.74) is 13.4. The van der Waals surface area contributed by atoms with Gasteiger partial charge in [-0.05, 0) is 41.7 Å². The Morgan fingerprint density at radius 2 is 1.85 bits per heavy atom. The van der Waals surface area contributed by atoms with Gasteiger partial charge >= 0.3 is 0 Å². The van der Waals surface area contributed by atoms with Crippen LogP contribution in [0.4, 0.5) is 11.6 Å². The minimum absolute atomic E-state index is 0.173. The maximum Gasteiger partial charge on any atom is 0.234 e. The van der Waals surface area contributed by atoms with Gasteiger partial charge in [-0.15, -0.1) is 0 Å². The van der Waals surface area contributed by atoms with Crippen LogP contribution in [0, 0.1) is 16.7 Å². The van der Waals surface area contributed by atoms with Crippen LogP contribution in [0.15, 0.2) is 60.9 Å². The number of rotatable bonds is 8. The van der Waals surface area contributed by atoms with E-state index in [9.17, 15) is 4.79 Å². The molecule has 0 fully saturated rings. The molecule has 0 bridgehead atoms. The van der Waals surface area contributed by atoms with Crippen LogP contribution < -0.4 is 26.6 Å². The van der Waals surface area contributed by atoms with E-state index in [2.05, 4.69) is 26.1 Å². The Morgan fingerprint density at radius 1 is 1.15 bits per heavy atom. The summed E-state index contributed by atoms with van der Waals surface area (Å²) in [6, 6.07) is 19.2. The fourth-order valence-corrected chi connectivity index (χ4v) is 4.28. The first-order valence-corrected chi connectivity index (χ1v) is 10.9. The van der Waals surface area contributed by atoms with Gasteiger partial charge in [-0.25, -0.2) is 15.4 Å². The van der Waals surface area contributed by atoms with E-state index >= 15 is 0 Å². The summed E-state index contributed by atoms with van der Waals surface area (Å²) in [4.78, 5) is 20.5. The number of hydrogen-bond donors (Lipinski definition) is 4. The molecular formula is C25H27N7O2. The lowest BCUT2D eigenvalue weighted by Crippen LogP contribution is -2.47. The molecule has 5 N–H and O–H groups in total. The van der Waals surface area contributed by atoms with Crippen LogP contribution in [0.5, 0.6) is 11.5 Å². The fourth-order valence-electron chi connectivity index (χ4n) is 4.28. The first-order valence-electron chi connectivity index (χ1n) is 10.9. The van der Waals surface area contributed by atoms with Crippen molar-refractivity contribution < 1.29 is 9.53 Å². The van der Waals surface area contributed by atoms with Crippen molar-refractivity contribution in [3.63, 3.8) is 0 Å². The van der Waals surface area contributed by atoms with Crippen LogP contribution in [-0.4, -0.2) is 22.4 Å². The third-order valence-corrected chi connectivity index (χ3v) is 5.77. The fraction of sp³-hybridized carbons (Fsp3) is 0.280. The summed E-state index contributed by atoms with van der Waals surface area (Å²) in [7, 11) is 0. The van der Waals surface area contributed by atoms with E-state index in [-0.39, 0.29) is 17.7 Å². The van der Waals surface area contributed by atoms with Gasteiger partial charge in [0.05, 0.1) is 17.2 Å². The number of anilines is 2. The second kappa shape index (κ2) is 9.37. The van der Waals surface area contributed by atoms with Gasteiger partial charge in [0.15, 0.2) is 5.82 Å². The van der Waals surface area contributed by atoms with E-state index < -0.39 is 5.54 Å². The molecule has 1 amide bonds. The smallest absolute Gasteiger partial charge is 0.234 e. The molecule has 174 valence electrons. The first kappa shape index (κ1) is 23.0. The van der Waals surface area contributed by atoms with E-state index in [1.807, 2.05) is 74.5 Å². The number of nitrogen functional groups attached to an aromatic ring is 1. The standard InChI is InChI=1S/C25H27N7O2/c1-24(2,15-28-20(33)12-13-26)14-25(21-22(27)29-16-30-23(21)31-32-25)17-8-10-19(11-9-17)34-18-6-4-3-5-7-18/h3-11,16,32H,12,14-15H2,1-2H3,(H,28,33)(H3,27,29,30,31). The van der Waals surface area contributed by atoms with Crippen LogP contribution in [-0.2, 0) is 10.3 Å². The minimum Gasteiger partial charge on any atom is -0.457 e. The van der Waals surface area contributed by atoms with Crippen molar-refractivity contribution in [2.75, 3.05) is 17.7 Å². The Morgan fingerprint density at radius 3 is 2.56 bits per heavy atom. The molecule has 0 saturated heterocycles. The normalized spacial score (nSPS) is 16.7. The molecule has 0 spiro atoms. The number of amides is 1. The summed E-state index contributed by atoms with van der Waals surface area (Å²) in [5, 5.41) is 11.6. The number of aromatic nitrogens is 2. The van der Waals surface area contributed by atoms with Crippen LogP contribution in [0.25, 0.3) is 0 Å². The highest BCUT2D eigenvalue weighted by atomic mass is 16.5. The minimum atomic E-state index is -0.755. The number of carbonyl (C=O) groups excluding carboxylic acids is 1. The van der Waals surface area contributed by atoms with Crippen LogP contribution in [0.2, 0.25) is 0 Å². The number of ether oxygens (including phenoxy) is 1. The van der Waals surface area contributed by atoms with Crippen molar-refractivity contribution in [2.45, 2.75) is 32.2 Å². The monoisotopic (exact) mass is 457 g/mol. The molecule has 0 aliphatic carbocycles. The van der Waals surface area contributed by atoms with E-state index in [1.54, 1.807) is 0 Å². The summed E-state index contributed by atoms with van der Waals surface area (Å²) in [6.07, 6.45) is 1.81. The molecule has 1 atom stereocenters. The van der Waals surface area contributed by atoms with Crippen LogP contribution in [0.1, 0.15) is 37.8 Å². The largest absolute Gasteiger partial charge is 0.457 e. The molecule has 1 aromatic heterocycles. The second-order valence-electron chi connectivity index (χ2n) is 9.03. The van der Waals surface area contributed by atoms with Crippen molar-refractivity contribution >= 4 is 17.5 Å². The molecule has 3 aromatic rings. The number of nitrogens with one attached hydrogen (secondary N) is 3. The SMILES string of the molecule is CC(C)(CNC(=O)CC#N)CC1(c2ccc(Oc3ccccc3)cc2)NNc2ncnc(N)c21. The quantitative estimate of drug-likeness (QED) is 0.403. The molecule has 9 nitrogen and oxygen atoms in total. The number of nitrogens with zero attached hydrogens (tertiary/aromatic N) is 3. The number of nitriles is 1. The van der Waals surface area contributed by atoms with Crippen molar-refractivity contribution in [2.24, 2.45) is 5.41 Å². The molecule has 9 heteroatoms. The van der Waals surface area contributed by atoms with Gasteiger partial charge in [-0.3, -0.25) is 4.79 Å². The Balaban J connectivity index is 1.66. The third-order valence-electron chi connectivity index (χ3n) is 5.77. The molecule has 0 radical (unpaired) electrons. The highest BCUT2D eigenvalue weighted by Gasteiger charge is 2.47. The summed E-state index contributed by atoms with van der Waals surface area (Å²) in [6.45, 7) is 4.48. The first-order chi connectivity index (χ1) is 16.3. The van der Waals surface area contributed by atoms with Gasteiger partial charge in [0, 0.05) is 6.54 Å². The van der Waals surface area contributed by atoms with Gasteiger partial charge < -0.3 is 21.2 Å². The van der Waals surface area contributed by atoms with Gasteiger partial charge in [0.25, 0.3) is 0 Å². The summed E-state index contributed by atoms with van der Waals surface area (Å²) in [5.74, 6) is 2.14. The Bertz CT molecular complexity index is 1210. The average Bonchev–Trinajstić information content (AvgIpc) is 3.19. The highest BCUT2D eigenvalue weighted by Crippen LogP contribution is 2.47.